The molecule has 0 aliphatic carbocycles. The van der Waals surface area contributed by atoms with E-state index in [4.69, 9.17) is 30.2 Å². The Balaban J connectivity index is 1.99. The zero-order valence-corrected chi connectivity index (χ0v) is 17.9. The lowest BCUT2D eigenvalue weighted by molar-refractivity contribution is 0.0955. The van der Waals surface area contributed by atoms with Crippen LogP contribution in [0.2, 0.25) is 5.02 Å². The molecule has 1 atom stereocenters. The molecular weight excluding hydrogens is 412 g/mol. The molecule has 3 rings (SSSR count). The summed E-state index contributed by atoms with van der Waals surface area (Å²) < 4.78 is 21.6. The van der Waals surface area contributed by atoms with Gasteiger partial charge in [-0.2, -0.15) is 0 Å². The van der Waals surface area contributed by atoms with Gasteiger partial charge in [0.05, 0.1) is 27.6 Å². The molecule has 2 aromatic carbocycles. The third-order valence-electron chi connectivity index (χ3n) is 4.32. The summed E-state index contributed by atoms with van der Waals surface area (Å²) in [5.41, 5.74) is 0.874. The van der Waals surface area contributed by atoms with Gasteiger partial charge in [0.2, 0.25) is 5.75 Å². The second-order valence-electron chi connectivity index (χ2n) is 6.12. The van der Waals surface area contributed by atoms with Crippen molar-refractivity contribution in [2.75, 3.05) is 21.3 Å². The van der Waals surface area contributed by atoms with E-state index in [0.717, 1.165) is 10.5 Å². The summed E-state index contributed by atoms with van der Waals surface area (Å²) >= 11 is 7.56. The molecule has 152 valence electrons. The molecule has 0 amide bonds. The molecule has 0 fully saturated rings. The number of thioether (sulfide) groups is 1. The molecule has 0 aliphatic heterocycles. The summed E-state index contributed by atoms with van der Waals surface area (Å²) in [7, 11) is 4.69. The first-order chi connectivity index (χ1) is 14.0. The van der Waals surface area contributed by atoms with E-state index >= 15 is 0 Å². The molecule has 0 N–H and O–H groups in total. The number of carbonyl (C=O) groups excluding carboxylic acids is 1. The average Bonchev–Trinajstić information content (AvgIpc) is 3.28. The van der Waals surface area contributed by atoms with Crippen molar-refractivity contribution in [1.29, 1.82) is 0 Å². The van der Waals surface area contributed by atoms with Crippen LogP contribution in [0.25, 0.3) is 0 Å². The van der Waals surface area contributed by atoms with Gasteiger partial charge in [-0.25, -0.2) is 0 Å². The fourth-order valence-corrected chi connectivity index (χ4v) is 4.15. The predicted molar refractivity (Wildman–Crippen MR) is 114 cm³/mol. The quantitative estimate of drug-likeness (QED) is 0.302. The van der Waals surface area contributed by atoms with Crippen LogP contribution in [-0.2, 0) is 0 Å². The Morgan fingerprint density at radius 3 is 2.21 bits per heavy atom. The highest BCUT2D eigenvalue weighted by Crippen LogP contribution is 2.45. The van der Waals surface area contributed by atoms with Gasteiger partial charge in [0.1, 0.15) is 0 Å². The Morgan fingerprint density at radius 1 is 1.03 bits per heavy atom. The Hall–Kier alpha value is -2.57. The summed E-state index contributed by atoms with van der Waals surface area (Å²) in [6.07, 6.45) is 1.73. The molecule has 7 heteroatoms. The minimum Gasteiger partial charge on any atom is -0.493 e. The molecule has 29 heavy (non-hydrogen) atoms. The molecular formula is C22H21ClO5S. The number of carbonyl (C=O) groups is 1. The maximum Gasteiger partial charge on any atom is 0.203 e. The molecule has 3 aromatic rings. The zero-order valence-electron chi connectivity index (χ0n) is 16.3. The van der Waals surface area contributed by atoms with Crippen LogP contribution in [0.3, 0.4) is 0 Å². The van der Waals surface area contributed by atoms with Crippen molar-refractivity contribution in [3.05, 3.63) is 71.1 Å². The number of ether oxygens (including phenoxy) is 3. The van der Waals surface area contributed by atoms with Gasteiger partial charge in [-0.15, -0.1) is 11.8 Å². The summed E-state index contributed by atoms with van der Waals surface area (Å²) in [6.45, 7) is 0. The number of methoxy groups -OCH3 is 3. The molecule has 0 radical (unpaired) electrons. The second kappa shape index (κ2) is 9.76. The monoisotopic (exact) mass is 432 g/mol. The number of hydrogen-bond donors (Lipinski definition) is 0. The largest absolute Gasteiger partial charge is 0.493 e. The van der Waals surface area contributed by atoms with Crippen molar-refractivity contribution < 1.29 is 23.4 Å². The van der Waals surface area contributed by atoms with Crippen molar-refractivity contribution in [3.8, 4) is 17.2 Å². The molecule has 0 spiro atoms. The predicted octanol–water partition coefficient (Wildman–Crippen LogP) is 6.07. The topological polar surface area (TPSA) is 57.9 Å². The van der Waals surface area contributed by atoms with Gasteiger partial charge in [0.25, 0.3) is 0 Å². The van der Waals surface area contributed by atoms with Crippen molar-refractivity contribution in [1.82, 2.24) is 0 Å². The number of benzene rings is 2. The molecule has 0 bridgehead atoms. The minimum absolute atomic E-state index is 0.0878. The average molecular weight is 433 g/mol. The van der Waals surface area contributed by atoms with Crippen molar-refractivity contribution in [2.45, 2.75) is 16.6 Å². The Kier molecular flexibility index (Phi) is 7.12. The van der Waals surface area contributed by atoms with Crippen LogP contribution < -0.4 is 14.2 Å². The maximum atomic E-state index is 12.8. The fraction of sp³-hybridized carbons (Fsp3) is 0.227. The maximum absolute atomic E-state index is 12.8. The zero-order chi connectivity index (χ0) is 20.8. The smallest absolute Gasteiger partial charge is 0.203 e. The fourth-order valence-electron chi connectivity index (χ4n) is 2.90. The normalized spacial score (nSPS) is 11.7. The van der Waals surface area contributed by atoms with E-state index in [9.17, 15) is 4.79 Å². The number of Topliss-reactive ketones (excluding diaryl/α,β-unsaturated/α-hetero) is 1. The van der Waals surface area contributed by atoms with Crippen molar-refractivity contribution in [3.63, 3.8) is 0 Å². The third kappa shape index (κ3) is 5.08. The Bertz CT molecular complexity index is 929. The van der Waals surface area contributed by atoms with E-state index < -0.39 is 0 Å². The lowest BCUT2D eigenvalue weighted by Gasteiger charge is -2.20. The van der Waals surface area contributed by atoms with E-state index in [1.54, 1.807) is 45.2 Å². The van der Waals surface area contributed by atoms with Crippen LogP contribution >= 0.6 is 23.4 Å². The van der Waals surface area contributed by atoms with Gasteiger partial charge in [-0.05, 0) is 54.1 Å². The third-order valence-corrected chi connectivity index (χ3v) is 5.84. The molecule has 1 heterocycles. The minimum atomic E-state index is -0.206. The number of furan rings is 1. The van der Waals surface area contributed by atoms with Crippen LogP contribution in [0.15, 0.2) is 64.1 Å². The number of ketones is 1. The summed E-state index contributed by atoms with van der Waals surface area (Å²) in [5, 5.41) is 0.452. The van der Waals surface area contributed by atoms with E-state index in [2.05, 4.69) is 0 Å². The first-order valence-electron chi connectivity index (χ1n) is 8.84. The van der Waals surface area contributed by atoms with Crippen molar-refractivity contribution >= 4 is 29.1 Å². The highest BCUT2D eigenvalue weighted by molar-refractivity contribution is 7.99. The molecule has 5 nitrogen and oxygen atoms in total. The van der Waals surface area contributed by atoms with Gasteiger partial charge in [-0.3, -0.25) is 4.79 Å². The first kappa shape index (κ1) is 21.1. The van der Waals surface area contributed by atoms with E-state index in [-0.39, 0.29) is 17.5 Å². The van der Waals surface area contributed by atoms with Gasteiger partial charge < -0.3 is 18.6 Å². The summed E-state index contributed by atoms with van der Waals surface area (Å²) in [4.78, 5) is 13.7. The number of halogens is 1. The Labute approximate surface area is 178 Å². The molecule has 1 aromatic heterocycles. The van der Waals surface area contributed by atoms with Crippen LogP contribution in [0.5, 0.6) is 17.2 Å². The first-order valence-corrected chi connectivity index (χ1v) is 10.1. The van der Waals surface area contributed by atoms with Gasteiger partial charge >= 0.3 is 0 Å². The number of hydrogen-bond acceptors (Lipinski definition) is 6. The highest BCUT2D eigenvalue weighted by atomic mass is 35.5. The second-order valence-corrected chi connectivity index (χ2v) is 7.84. The molecule has 0 aliphatic rings. The standard InChI is InChI=1S/C22H21ClO5S/c1-25-19-11-14(12-20(26-2)22(19)27-3)21(13-17(24)18-5-4-10-28-18)29-16-8-6-15(23)7-9-16/h4-12,21H,13H2,1-3H3. The van der Waals surface area contributed by atoms with Gasteiger partial charge in [0.15, 0.2) is 23.0 Å². The van der Waals surface area contributed by atoms with Crippen molar-refractivity contribution in [2.24, 2.45) is 0 Å². The molecule has 0 saturated carbocycles. The highest BCUT2D eigenvalue weighted by Gasteiger charge is 2.24. The molecule has 1 unspecified atom stereocenters. The SMILES string of the molecule is COc1cc(C(CC(=O)c2ccco2)Sc2ccc(Cl)cc2)cc(OC)c1OC. The van der Waals surface area contributed by atoms with Gasteiger partial charge in [0, 0.05) is 21.6 Å². The van der Waals surface area contributed by atoms with Crippen LogP contribution in [0.1, 0.15) is 27.8 Å². The lowest BCUT2D eigenvalue weighted by Crippen LogP contribution is -2.06. The van der Waals surface area contributed by atoms with E-state index in [1.807, 2.05) is 36.4 Å². The molecule has 0 saturated heterocycles. The van der Waals surface area contributed by atoms with Crippen LogP contribution in [0, 0.1) is 0 Å². The Morgan fingerprint density at radius 2 is 1.69 bits per heavy atom. The van der Waals surface area contributed by atoms with Crippen LogP contribution in [-0.4, -0.2) is 27.1 Å². The summed E-state index contributed by atoms with van der Waals surface area (Å²) in [5.74, 6) is 1.82. The summed E-state index contributed by atoms with van der Waals surface area (Å²) in [6, 6.07) is 14.6. The number of rotatable bonds is 9. The van der Waals surface area contributed by atoms with Crippen LogP contribution in [0.4, 0.5) is 0 Å². The van der Waals surface area contributed by atoms with Gasteiger partial charge in [-0.1, -0.05) is 11.6 Å². The lowest BCUT2D eigenvalue weighted by atomic mass is 10.0. The van der Waals surface area contributed by atoms with E-state index in [1.165, 1.54) is 6.26 Å². The van der Waals surface area contributed by atoms with E-state index in [0.29, 0.717) is 28.0 Å².